The molecule has 1 atom stereocenters. The Morgan fingerprint density at radius 3 is 3.20 bits per heavy atom. The minimum atomic E-state index is 0.786. The SMILES string of the molecule is COCSC1CCCNC1. The molecule has 1 fully saturated rings. The summed E-state index contributed by atoms with van der Waals surface area (Å²) >= 11 is 1.91. The highest BCUT2D eigenvalue weighted by molar-refractivity contribution is 7.99. The lowest BCUT2D eigenvalue weighted by atomic mass is 10.2. The average Bonchev–Trinajstić information content (AvgIpc) is 2.03. The molecular weight excluding hydrogens is 146 g/mol. The van der Waals surface area contributed by atoms with E-state index in [2.05, 4.69) is 5.32 Å². The standard InChI is InChI=1S/C7H15NOS/c1-9-6-10-7-3-2-4-8-5-7/h7-8H,2-6H2,1H3. The largest absolute Gasteiger partial charge is 0.374 e. The number of hydrogen-bond acceptors (Lipinski definition) is 3. The molecule has 0 amide bonds. The van der Waals surface area contributed by atoms with Crippen LogP contribution in [0.3, 0.4) is 0 Å². The van der Waals surface area contributed by atoms with Gasteiger partial charge >= 0.3 is 0 Å². The van der Waals surface area contributed by atoms with Crippen LogP contribution < -0.4 is 5.32 Å². The summed E-state index contributed by atoms with van der Waals surface area (Å²) in [5.41, 5.74) is 0. The summed E-state index contributed by atoms with van der Waals surface area (Å²) in [6, 6.07) is 0. The van der Waals surface area contributed by atoms with Gasteiger partial charge in [0.2, 0.25) is 0 Å². The summed E-state index contributed by atoms with van der Waals surface area (Å²) in [4.78, 5) is 0. The Hall–Kier alpha value is 0.270. The van der Waals surface area contributed by atoms with E-state index in [-0.39, 0.29) is 0 Å². The molecule has 0 spiro atoms. The number of rotatable bonds is 3. The summed E-state index contributed by atoms with van der Waals surface area (Å²) in [5, 5.41) is 4.15. The Balaban J connectivity index is 2.02. The Morgan fingerprint density at radius 1 is 1.70 bits per heavy atom. The van der Waals surface area contributed by atoms with Crippen molar-refractivity contribution < 1.29 is 4.74 Å². The molecule has 0 radical (unpaired) electrons. The van der Waals surface area contributed by atoms with Gasteiger partial charge in [0.1, 0.15) is 0 Å². The third-order valence-electron chi connectivity index (χ3n) is 1.67. The highest BCUT2D eigenvalue weighted by Crippen LogP contribution is 2.17. The molecule has 1 heterocycles. The summed E-state index contributed by atoms with van der Waals surface area (Å²) < 4.78 is 4.98. The number of nitrogens with one attached hydrogen (secondary N) is 1. The van der Waals surface area contributed by atoms with Gasteiger partial charge in [-0.15, -0.1) is 11.8 Å². The van der Waals surface area contributed by atoms with E-state index in [0.717, 1.165) is 17.7 Å². The summed E-state index contributed by atoms with van der Waals surface area (Å²) in [7, 11) is 1.75. The monoisotopic (exact) mass is 161 g/mol. The fraction of sp³-hybridized carbons (Fsp3) is 1.00. The van der Waals surface area contributed by atoms with Gasteiger partial charge in [-0.3, -0.25) is 0 Å². The normalized spacial score (nSPS) is 26.7. The molecule has 2 nitrogen and oxygen atoms in total. The quantitative estimate of drug-likeness (QED) is 0.626. The van der Waals surface area contributed by atoms with E-state index in [4.69, 9.17) is 4.74 Å². The van der Waals surface area contributed by atoms with Gasteiger partial charge in [0.25, 0.3) is 0 Å². The Kier molecular flexibility index (Phi) is 4.18. The van der Waals surface area contributed by atoms with Gasteiger partial charge in [-0.2, -0.15) is 0 Å². The zero-order chi connectivity index (χ0) is 7.23. The molecule has 0 aromatic rings. The van der Waals surface area contributed by atoms with Crippen LogP contribution >= 0.6 is 11.8 Å². The molecule has 1 unspecified atom stereocenters. The molecule has 1 saturated heterocycles. The zero-order valence-electron chi connectivity index (χ0n) is 6.43. The van der Waals surface area contributed by atoms with Gasteiger partial charge in [0.05, 0.1) is 5.94 Å². The fourth-order valence-corrected chi connectivity index (χ4v) is 2.02. The lowest BCUT2D eigenvalue weighted by molar-refractivity contribution is 0.258. The van der Waals surface area contributed by atoms with Crippen LogP contribution in [0.15, 0.2) is 0 Å². The Bertz CT molecular complexity index is 83.7. The predicted octanol–water partition coefficient (Wildman–Crippen LogP) is 1.08. The van der Waals surface area contributed by atoms with Crippen molar-refractivity contribution in [3.63, 3.8) is 0 Å². The van der Waals surface area contributed by atoms with Crippen LogP contribution in [0.1, 0.15) is 12.8 Å². The molecule has 0 aromatic carbocycles. The molecule has 0 aliphatic carbocycles. The van der Waals surface area contributed by atoms with Crippen molar-refractivity contribution in [2.24, 2.45) is 0 Å². The number of hydrogen-bond donors (Lipinski definition) is 1. The van der Waals surface area contributed by atoms with Crippen molar-refractivity contribution >= 4 is 11.8 Å². The van der Waals surface area contributed by atoms with E-state index >= 15 is 0 Å². The molecular formula is C7H15NOS. The number of methoxy groups -OCH3 is 1. The van der Waals surface area contributed by atoms with Gasteiger partial charge in [-0.05, 0) is 19.4 Å². The van der Waals surface area contributed by atoms with Crippen molar-refractivity contribution in [2.75, 3.05) is 26.1 Å². The second-order valence-corrected chi connectivity index (χ2v) is 3.78. The molecule has 10 heavy (non-hydrogen) atoms. The number of piperidine rings is 1. The van der Waals surface area contributed by atoms with E-state index in [1.165, 1.54) is 19.4 Å². The Labute approximate surface area is 66.7 Å². The van der Waals surface area contributed by atoms with Crippen LogP contribution in [-0.4, -0.2) is 31.4 Å². The highest BCUT2D eigenvalue weighted by Gasteiger charge is 2.11. The maximum Gasteiger partial charge on any atom is 0.0920 e. The predicted molar refractivity (Wildman–Crippen MR) is 45.4 cm³/mol. The summed E-state index contributed by atoms with van der Waals surface area (Å²) in [6.07, 6.45) is 2.67. The van der Waals surface area contributed by atoms with E-state index < -0.39 is 0 Å². The summed E-state index contributed by atoms with van der Waals surface area (Å²) in [5.74, 6) is 0.840. The first-order chi connectivity index (χ1) is 4.93. The zero-order valence-corrected chi connectivity index (χ0v) is 7.25. The lowest BCUT2D eigenvalue weighted by Crippen LogP contribution is -2.31. The first-order valence-electron chi connectivity index (χ1n) is 3.74. The van der Waals surface area contributed by atoms with Crippen LogP contribution in [0.2, 0.25) is 0 Å². The van der Waals surface area contributed by atoms with Crippen molar-refractivity contribution in [3.05, 3.63) is 0 Å². The van der Waals surface area contributed by atoms with E-state index in [9.17, 15) is 0 Å². The van der Waals surface area contributed by atoms with E-state index in [0.29, 0.717) is 0 Å². The number of thioether (sulfide) groups is 1. The highest BCUT2D eigenvalue weighted by atomic mass is 32.2. The lowest BCUT2D eigenvalue weighted by Gasteiger charge is -2.21. The molecule has 1 aliphatic heterocycles. The van der Waals surface area contributed by atoms with Crippen LogP contribution in [0.5, 0.6) is 0 Å². The first-order valence-corrected chi connectivity index (χ1v) is 4.79. The van der Waals surface area contributed by atoms with Crippen molar-refractivity contribution in [2.45, 2.75) is 18.1 Å². The molecule has 1 rings (SSSR count). The van der Waals surface area contributed by atoms with Crippen LogP contribution in [0.4, 0.5) is 0 Å². The topological polar surface area (TPSA) is 21.3 Å². The van der Waals surface area contributed by atoms with Crippen molar-refractivity contribution in [1.29, 1.82) is 0 Å². The van der Waals surface area contributed by atoms with Gasteiger partial charge in [0.15, 0.2) is 0 Å². The van der Waals surface area contributed by atoms with Gasteiger partial charge in [0, 0.05) is 18.9 Å². The molecule has 0 saturated carbocycles. The second kappa shape index (κ2) is 4.99. The molecule has 0 aromatic heterocycles. The van der Waals surface area contributed by atoms with E-state index in [1.54, 1.807) is 7.11 Å². The van der Waals surface area contributed by atoms with Crippen molar-refractivity contribution in [3.8, 4) is 0 Å². The van der Waals surface area contributed by atoms with Gasteiger partial charge < -0.3 is 10.1 Å². The fourth-order valence-electron chi connectivity index (χ4n) is 1.13. The molecule has 60 valence electrons. The maximum absolute atomic E-state index is 4.98. The third-order valence-corrected chi connectivity index (χ3v) is 2.92. The smallest absolute Gasteiger partial charge is 0.0920 e. The number of ether oxygens (including phenoxy) is 1. The van der Waals surface area contributed by atoms with Crippen molar-refractivity contribution in [1.82, 2.24) is 5.32 Å². The Morgan fingerprint density at radius 2 is 2.60 bits per heavy atom. The van der Waals surface area contributed by atoms with Crippen LogP contribution in [-0.2, 0) is 4.74 Å². The molecule has 1 aliphatic rings. The van der Waals surface area contributed by atoms with Crippen LogP contribution in [0, 0.1) is 0 Å². The second-order valence-electron chi connectivity index (χ2n) is 2.54. The maximum atomic E-state index is 4.98. The molecule has 0 bridgehead atoms. The average molecular weight is 161 g/mol. The molecule has 3 heteroatoms. The third kappa shape index (κ3) is 2.90. The van der Waals surface area contributed by atoms with Crippen LogP contribution in [0.25, 0.3) is 0 Å². The van der Waals surface area contributed by atoms with Gasteiger partial charge in [-0.25, -0.2) is 0 Å². The van der Waals surface area contributed by atoms with Gasteiger partial charge in [-0.1, -0.05) is 0 Å². The van der Waals surface area contributed by atoms with E-state index in [1.807, 2.05) is 11.8 Å². The minimum Gasteiger partial charge on any atom is -0.374 e. The first kappa shape index (κ1) is 8.37. The molecule has 1 N–H and O–H groups in total. The minimum absolute atomic E-state index is 0.786. The summed E-state index contributed by atoms with van der Waals surface area (Å²) in [6.45, 7) is 2.36.